The highest BCUT2D eigenvalue weighted by molar-refractivity contribution is 7.98. The zero-order valence-corrected chi connectivity index (χ0v) is 30.7. The van der Waals surface area contributed by atoms with Crippen LogP contribution in [0.25, 0.3) is 11.1 Å². The first-order valence-corrected chi connectivity index (χ1v) is 18.2. The van der Waals surface area contributed by atoms with Gasteiger partial charge in [-0.2, -0.15) is 0 Å². The van der Waals surface area contributed by atoms with Crippen LogP contribution in [-0.2, 0) is 14.3 Å². The molecule has 0 heterocycles. The zero-order valence-electron chi connectivity index (χ0n) is 28.4. The van der Waals surface area contributed by atoms with Crippen molar-refractivity contribution in [3.05, 3.63) is 86.9 Å². The number of anilines is 1. The van der Waals surface area contributed by atoms with E-state index in [0.717, 1.165) is 0 Å². The number of carboxylic acids is 1. The van der Waals surface area contributed by atoms with Gasteiger partial charge in [0.1, 0.15) is 0 Å². The average Bonchev–Trinajstić information content (AvgIpc) is 3.01. The number of amides is 1. The highest BCUT2D eigenvalue weighted by Gasteiger charge is 2.22. The molecule has 1 amide bonds. The molecule has 3 aromatic rings. The van der Waals surface area contributed by atoms with Crippen LogP contribution in [0.4, 0.5) is 5.69 Å². The Balaban J connectivity index is 0. The van der Waals surface area contributed by atoms with Crippen LogP contribution < -0.4 is 5.32 Å². The number of halogens is 2. The van der Waals surface area contributed by atoms with E-state index in [1.54, 1.807) is 36.8 Å². The minimum Gasteiger partial charge on any atom is -0.478 e. The van der Waals surface area contributed by atoms with E-state index < -0.39 is 27.4 Å². The number of ketones is 1. The summed E-state index contributed by atoms with van der Waals surface area (Å²) in [7, 11) is -1.67. The van der Waals surface area contributed by atoms with Crippen molar-refractivity contribution in [3.63, 3.8) is 0 Å². The third-order valence-corrected chi connectivity index (χ3v) is 5.62. The first-order chi connectivity index (χ1) is 21.6. The van der Waals surface area contributed by atoms with Crippen LogP contribution in [0.3, 0.4) is 0 Å². The van der Waals surface area contributed by atoms with Gasteiger partial charge in [-0.15, -0.1) is 0 Å². The number of aromatic carboxylic acids is 1. The quantitative estimate of drug-likeness (QED) is 0.136. The van der Waals surface area contributed by atoms with Crippen LogP contribution in [0.1, 0.15) is 103 Å². The number of hydrogen-bond donors (Lipinski definition) is 2. The topological polar surface area (TPSA) is 127 Å². The molecule has 0 aliphatic heterocycles. The largest absolute Gasteiger partial charge is 0.478 e. The molecule has 0 atom stereocenters. The molecule has 0 fully saturated rings. The third-order valence-electron chi connectivity index (χ3n) is 5.07. The Morgan fingerprint density at radius 2 is 1.39 bits per heavy atom. The molecule has 0 aliphatic carbocycles. The summed E-state index contributed by atoms with van der Waals surface area (Å²) in [6, 6.07) is 13.3. The number of hydrogen-bond acceptors (Lipinski definition) is 6. The Kier molecular flexibility index (Phi) is 22.0. The van der Waals surface area contributed by atoms with Crippen molar-refractivity contribution in [1.29, 1.82) is 0 Å². The fourth-order valence-corrected chi connectivity index (χ4v) is 3.83. The lowest BCUT2D eigenvalue weighted by Gasteiger charge is -2.15. The Hall–Kier alpha value is -3.66. The second-order valence-corrected chi connectivity index (χ2v) is 12.8. The SMILES string of the molecule is C=S(C)(C)=O.CC.CC.CC.CCCOC(=O)c1ccc(-c2ccc(Cl)cc2Cl)cc1NC(=O)c1cc(C(C)=O)ccc1C(=O)O. The lowest BCUT2D eigenvalue weighted by atomic mass is 10.00. The summed E-state index contributed by atoms with van der Waals surface area (Å²) in [6.07, 6.45) is 3.81. The zero-order chi connectivity index (χ0) is 36.2. The van der Waals surface area contributed by atoms with Gasteiger partial charge in [0.2, 0.25) is 0 Å². The number of carbonyl (C=O) groups excluding carboxylic acids is 3. The summed E-state index contributed by atoms with van der Waals surface area (Å²) >= 11 is 12.3. The first-order valence-electron chi connectivity index (χ1n) is 14.9. The van der Waals surface area contributed by atoms with Gasteiger partial charge in [-0.25, -0.2) is 9.59 Å². The Morgan fingerprint density at radius 1 is 0.848 bits per heavy atom. The number of esters is 1. The fourth-order valence-electron chi connectivity index (χ4n) is 3.32. The van der Waals surface area contributed by atoms with Crippen LogP contribution in [0, 0.1) is 0 Å². The second kappa shape index (κ2) is 22.8. The highest BCUT2D eigenvalue weighted by atomic mass is 35.5. The molecule has 2 N–H and O–H groups in total. The number of rotatable bonds is 8. The average molecular weight is 697 g/mol. The summed E-state index contributed by atoms with van der Waals surface area (Å²) in [6.45, 7) is 15.3. The van der Waals surface area contributed by atoms with Crippen LogP contribution in [0.5, 0.6) is 0 Å². The molecule has 0 radical (unpaired) electrons. The van der Waals surface area contributed by atoms with Crippen LogP contribution >= 0.6 is 23.2 Å². The van der Waals surface area contributed by atoms with Gasteiger partial charge in [-0.1, -0.05) is 89.9 Å². The first kappa shape index (κ1) is 44.5. The Labute approximate surface area is 284 Å². The highest BCUT2D eigenvalue weighted by Crippen LogP contribution is 2.33. The second-order valence-electron chi connectivity index (χ2n) is 9.03. The summed E-state index contributed by atoms with van der Waals surface area (Å²) < 4.78 is 15.3. The van der Waals surface area contributed by atoms with Crippen molar-refractivity contribution in [2.24, 2.45) is 0 Å². The molecule has 0 aliphatic rings. The van der Waals surface area contributed by atoms with Crippen molar-refractivity contribution in [3.8, 4) is 11.1 Å². The monoisotopic (exact) mass is 695 g/mol. The van der Waals surface area contributed by atoms with E-state index in [-0.39, 0.29) is 40.3 Å². The number of benzene rings is 3. The molecule has 0 unspecified atom stereocenters. The van der Waals surface area contributed by atoms with Crippen molar-refractivity contribution >= 4 is 67.9 Å². The maximum Gasteiger partial charge on any atom is 0.340 e. The van der Waals surface area contributed by atoms with Gasteiger partial charge in [0.05, 0.1) is 29.0 Å². The maximum atomic E-state index is 13.2. The molecule has 11 heteroatoms. The van der Waals surface area contributed by atoms with E-state index in [4.69, 9.17) is 27.9 Å². The summed E-state index contributed by atoms with van der Waals surface area (Å²) in [4.78, 5) is 49.3. The van der Waals surface area contributed by atoms with Crippen molar-refractivity contribution in [2.75, 3.05) is 24.4 Å². The van der Waals surface area contributed by atoms with Crippen molar-refractivity contribution in [1.82, 2.24) is 0 Å². The molecular weight excluding hydrogens is 649 g/mol. The van der Waals surface area contributed by atoms with Gasteiger partial charge in [0, 0.05) is 33.7 Å². The normalized spacial score (nSPS) is 9.65. The molecule has 46 heavy (non-hydrogen) atoms. The summed E-state index contributed by atoms with van der Waals surface area (Å²) in [5.41, 5.74) is 0.983. The predicted octanol–water partition coefficient (Wildman–Crippen LogP) is 9.42. The molecule has 3 rings (SSSR count). The van der Waals surface area contributed by atoms with Crippen molar-refractivity contribution < 1.29 is 33.2 Å². The fraction of sp³-hybridized carbons (Fsp3) is 0.343. The standard InChI is InChI=1S/C26H21Cl2NO6.C3H8OS.3C2H6/c1-3-10-35-26(34)20-8-5-16(18-9-6-17(27)13-22(18)28)12-23(20)29-24(31)21-11-15(14(2)30)4-7-19(21)25(32)33;1-5(2,3)4;3*1-2/h4-9,11-13H,3,10H2,1-2H3,(H,29,31)(H,32,33);1H2,2-3H3;3*1-2H3. The van der Waals surface area contributed by atoms with Gasteiger partial charge in [0.15, 0.2) is 5.78 Å². The minimum atomic E-state index is -1.67. The molecule has 0 bridgehead atoms. The third kappa shape index (κ3) is 15.6. The summed E-state index contributed by atoms with van der Waals surface area (Å²) in [5, 5.41) is 12.9. The van der Waals surface area contributed by atoms with E-state index >= 15 is 0 Å². The number of Topliss-reactive ketones (excluding diaryl/α,β-unsaturated/α-hetero) is 1. The predicted molar refractivity (Wildman–Crippen MR) is 195 cm³/mol. The van der Waals surface area contributed by atoms with E-state index in [9.17, 15) is 28.5 Å². The van der Waals surface area contributed by atoms with Gasteiger partial charge in [-0.3, -0.25) is 13.8 Å². The van der Waals surface area contributed by atoms with Crippen LogP contribution in [-0.4, -0.2) is 57.9 Å². The van der Waals surface area contributed by atoms with Gasteiger partial charge in [0.25, 0.3) is 5.91 Å². The number of ether oxygens (including phenoxy) is 1. The molecule has 0 aromatic heterocycles. The molecule has 8 nitrogen and oxygen atoms in total. The minimum absolute atomic E-state index is 0.0697. The Bertz CT molecular complexity index is 1560. The van der Waals surface area contributed by atoms with E-state index in [0.29, 0.717) is 27.6 Å². The molecule has 0 spiro atoms. The van der Waals surface area contributed by atoms with Gasteiger partial charge < -0.3 is 15.2 Å². The van der Waals surface area contributed by atoms with Crippen LogP contribution in [0.2, 0.25) is 10.0 Å². The molecule has 3 aromatic carbocycles. The number of carboxylic acid groups (broad SMARTS) is 1. The van der Waals surface area contributed by atoms with Gasteiger partial charge >= 0.3 is 11.9 Å². The lowest BCUT2D eigenvalue weighted by molar-refractivity contribution is 0.0505. The molecular formula is C35H47Cl2NO7S. The molecule has 254 valence electrons. The van der Waals surface area contributed by atoms with Crippen LogP contribution in [0.15, 0.2) is 54.6 Å². The van der Waals surface area contributed by atoms with E-state index in [2.05, 4.69) is 11.2 Å². The van der Waals surface area contributed by atoms with E-state index in [1.807, 2.05) is 48.5 Å². The smallest absolute Gasteiger partial charge is 0.340 e. The molecule has 0 saturated heterocycles. The molecule has 0 saturated carbocycles. The maximum absolute atomic E-state index is 13.2. The van der Waals surface area contributed by atoms with Crippen molar-refractivity contribution in [2.45, 2.75) is 61.8 Å². The van der Waals surface area contributed by atoms with Gasteiger partial charge in [-0.05, 0) is 70.7 Å². The lowest BCUT2D eigenvalue weighted by Crippen LogP contribution is -2.19. The number of carbonyl (C=O) groups is 4. The Morgan fingerprint density at radius 3 is 1.87 bits per heavy atom. The van der Waals surface area contributed by atoms with E-state index in [1.165, 1.54) is 37.3 Å². The number of nitrogens with one attached hydrogen (secondary N) is 1. The summed E-state index contributed by atoms with van der Waals surface area (Å²) in [5.74, 6) is 0.155.